The minimum Gasteiger partial charge on any atom is -0.373 e. The van der Waals surface area contributed by atoms with Gasteiger partial charge in [0.1, 0.15) is 11.0 Å². The van der Waals surface area contributed by atoms with E-state index in [2.05, 4.69) is 17.2 Å². The minimum absolute atomic E-state index is 0.0731. The summed E-state index contributed by atoms with van der Waals surface area (Å²) in [6.45, 7) is 3.01. The number of likely N-dealkylation sites (tertiary alicyclic amines) is 1. The van der Waals surface area contributed by atoms with Crippen molar-refractivity contribution in [3.05, 3.63) is 22.8 Å². The summed E-state index contributed by atoms with van der Waals surface area (Å²) in [6, 6.07) is 3.79. The smallest absolute Gasteiger partial charge is 0.254 e. The number of halogens is 1. The molecule has 1 fully saturated rings. The molecular formula is C15H22ClN3O. The van der Waals surface area contributed by atoms with Crippen LogP contribution in [0.2, 0.25) is 5.15 Å². The van der Waals surface area contributed by atoms with E-state index in [1.165, 1.54) is 6.42 Å². The van der Waals surface area contributed by atoms with Crippen LogP contribution >= 0.6 is 11.6 Å². The molecule has 0 aromatic carbocycles. The summed E-state index contributed by atoms with van der Waals surface area (Å²) in [7, 11) is 1.77. The van der Waals surface area contributed by atoms with E-state index in [-0.39, 0.29) is 5.91 Å². The topological polar surface area (TPSA) is 45.2 Å². The number of hydrogen-bond acceptors (Lipinski definition) is 3. The van der Waals surface area contributed by atoms with E-state index in [4.69, 9.17) is 11.6 Å². The van der Waals surface area contributed by atoms with E-state index in [1.807, 2.05) is 4.90 Å². The molecule has 1 aliphatic heterocycles. The van der Waals surface area contributed by atoms with Crippen molar-refractivity contribution in [3.63, 3.8) is 0 Å². The van der Waals surface area contributed by atoms with Gasteiger partial charge in [-0.25, -0.2) is 4.98 Å². The molecule has 0 radical (unpaired) electrons. The Hall–Kier alpha value is -1.29. The number of nitrogens with one attached hydrogen (secondary N) is 1. The predicted octanol–water partition coefficient (Wildman–Crippen LogP) is 3.57. The molecule has 110 valence electrons. The predicted molar refractivity (Wildman–Crippen MR) is 82.4 cm³/mol. The summed E-state index contributed by atoms with van der Waals surface area (Å²) in [6.07, 6.45) is 5.59. The number of hydrogen-bond donors (Lipinski definition) is 1. The van der Waals surface area contributed by atoms with Crippen LogP contribution in [0.25, 0.3) is 0 Å². The SMILES string of the molecule is CCCC1CCCCN1C(=O)c1cc(Cl)nc(NC)c1. The second-order valence-corrected chi connectivity index (χ2v) is 5.64. The van der Waals surface area contributed by atoms with Gasteiger partial charge in [0.15, 0.2) is 0 Å². The number of carbonyl (C=O) groups is 1. The molecule has 0 spiro atoms. The molecule has 1 aromatic heterocycles. The lowest BCUT2D eigenvalue weighted by atomic mass is 9.97. The monoisotopic (exact) mass is 295 g/mol. The molecule has 20 heavy (non-hydrogen) atoms. The summed E-state index contributed by atoms with van der Waals surface area (Å²) < 4.78 is 0. The van der Waals surface area contributed by atoms with Crippen molar-refractivity contribution in [2.75, 3.05) is 18.9 Å². The molecule has 2 rings (SSSR count). The number of amides is 1. The third kappa shape index (κ3) is 3.42. The Labute approximate surface area is 125 Å². The van der Waals surface area contributed by atoms with Gasteiger partial charge in [-0.1, -0.05) is 24.9 Å². The first-order valence-electron chi connectivity index (χ1n) is 7.32. The van der Waals surface area contributed by atoms with E-state index >= 15 is 0 Å². The molecule has 1 atom stereocenters. The molecule has 2 heterocycles. The Morgan fingerprint density at radius 3 is 3.00 bits per heavy atom. The molecule has 0 bridgehead atoms. The maximum absolute atomic E-state index is 12.7. The summed E-state index contributed by atoms with van der Waals surface area (Å²) in [5.74, 6) is 0.703. The average molecular weight is 296 g/mol. The molecule has 4 nitrogen and oxygen atoms in total. The van der Waals surface area contributed by atoms with Crippen molar-refractivity contribution in [1.82, 2.24) is 9.88 Å². The van der Waals surface area contributed by atoms with Crippen LogP contribution in [0.15, 0.2) is 12.1 Å². The molecule has 1 saturated heterocycles. The number of rotatable bonds is 4. The minimum atomic E-state index is 0.0731. The van der Waals surface area contributed by atoms with Gasteiger partial charge in [-0.05, 0) is 37.8 Å². The first kappa shape index (κ1) is 15.1. The van der Waals surface area contributed by atoms with E-state index in [0.717, 1.165) is 32.2 Å². The molecule has 1 amide bonds. The van der Waals surface area contributed by atoms with Crippen molar-refractivity contribution in [2.45, 2.75) is 45.1 Å². The van der Waals surface area contributed by atoms with E-state index in [0.29, 0.717) is 22.6 Å². The summed E-state index contributed by atoms with van der Waals surface area (Å²) in [4.78, 5) is 18.8. The van der Waals surface area contributed by atoms with Crippen LogP contribution < -0.4 is 5.32 Å². The third-order valence-corrected chi connectivity index (χ3v) is 4.00. The zero-order valence-corrected chi connectivity index (χ0v) is 12.9. The number of anilines is 1. The lowest BCUT2D eigenvalue weighted by Crippen LogP contribution is -2.43. The summed E-state index contributed by atoms with van der Waals surface area (Å²) in [5.41, 5.74) is 0.623. The zero-order chi connectivity index (χ0) is 14.5. The van der Waals surface area contributed by atoms with Gasteiger partial charge in [-0.15, -0.1) is 0 Å². The lowest BCUT2D eigenvalue weighted by molar-refractivity contribution is 0.0600. The fourth-order valence-electron chi connectivity index (χ4n) is 2.82. The highest BCUT2D eigenvalue weighted by atomic mass is 35.5. The van der Waals surface area contributed by atoms with Gasteiger partial charge >= 0.3 is 0 Å². The second kappa shape index (κ2) is 6.93. The molecule has 1 unspecified atom stereocenters. The van der Waals surface area contributed by atoms with Gasteiger partial charge in [-0.2, -0.15) is 0 Å². The third-order valence-electron chi connectivity index (χ3n) is 3.81. The van der Waals surface area contributed by atoms with Crippen LogP contribution in [-0.2, 0) is 0 Å². The van der Waals surface area contributed by atoms with E-state index < -0.39 is 0 Å². The summed E-state index contributed by atoms with van der Waals surface area (Å²) >= 11 is 5.99. The van der Waals surface area contributed by atoms with Gasteiger partial charge in [-0.3, -0.25) is 4.79 Å². The molecule has 1 aromatic rings. The molecular weight excluding hydrogens is 274 g/mol. The van der Waals surface area contributed by atoms with Crippen LogP contribution in [-0.4, -0.2) is 35.4 Å². The largest absolute Gasteiger partial charge is 0.373 e. The number of piperidine rings is 1. The Bertz CT molecular complexity index is 476. The normalized spacial score (nSPS) is 18.9. The van der Waals surface area contributed by atoms with Gasteiger partial charge in [0.2, 0.25) is 0 Å². The molecule has 0 saturated carbocycles. The fourth-order valence-corrected chi connectivity index (χ4v) is 3.02. The highest BCUT2D eigenvalue weighted by Crippen LogP contribution is 2.24. The van der Waals surface area contributed by atoms with Crippen LogP contribution in [0.5, 0.6) is 0 Å². The maximum Gasteiger partial charge on any atom is 0.254 e. The molecule has 1 aliphatic rings. The van der Waals surface area contributed by atoms with Crippen LogP contribution in [0.4, 0.5) is 5.82 Å². The first-order chi connectivity index (χ1) is 9.65. The van der Waals surface area contributed by atoms with Crippen molar-refractivity contribution in [3.8, 4) is 0 Å². The Balaban J connectivity index is 2.22. The zero-order valence-electron chi connectivity index (χ0n) is 12.2. The van der Waals surface area contributed by atoms with Gasteiger partial charge in [0.05, 0.1) is 0 Å². The molecule has 1 N–H and O–H groups in total. The van der Waals surface area contributed by atoms with Gasteiger partial charge in [0, 0.05) is 25.2 Å². The van der Waals surface area contributed by atoms with Crippen molar-refractivity contribution in [1.29, 1.82) is 0 Å². The standard InChI is InChI=1S/C15H22ClN3O/c1-3-6-12-7-4-5-8-19(12)15(20)11-9-13(16)18-14(10-11)17-2/h9-10,12H,3-8H2,1-2H3,(H,17,18). The maximum atomic E-state index is 12.7. The number of carbonyl (C=O) groups excluding carboxylic acids is 1. The lowest BCUT2D eigenvalue weighted by Gasteiger charge is -2.36. The Morgan fingerprint density at radius 2 is 2.30 bits per heavy atom. The molecule has 0 aliphatic carbocycles. The van der Waals surface area contributed by atoms with Crippen LogP contribution in [0, 0.1) is 0 Å². The Morgan fingerprint density at radius 1 is 1.50 bits per heavy atom. The van der Waals surface area contributed by atoms with Crippen molar-refractivity contribution in [2.24, 2.45) is 0 Å². The van der Waals surface area contributed by atoms with E-state index in [1.54, 1.807) is 19.2 Å². The van der Waals surface area contributed by atoms with E-state index in [9.17, 15) is 4.79 Å². The van der Waals surface area contributed by atoms with Crippen molar-refractivity contribution >= 4 is 23.3 Å². The number of nitrogens with zero attached hydrogens (tertiary/aromatic N) is 2. The fraction of sp³-hybridized carbons (Fsp3) is 0.600. The highest BCUT2D eigenvalue weighted by molar-refractivity contribution is 6.29. The first-order valence-corrected chi connectivity index (χ1v) is 7.69. The van der Waals surface area contributed by atoms with Gasteiger partial charge < -0.3 is 10.2 Å². The van der Waals surface area contributed by atoms with Crippen molar-refractivity contribution < 1.29 is 4.79 Å². The quantitative estimate of drug-likeness (QED) is 0.864. The number of pyridine rings is 1. The Kier molecular flexibility index (Phi) is 5.24. The van der Waals surface area contributed by atoms with Crippen LogP contribution in [0.3, 0.4) is 0 Å². The average Bonchev–Trinajstić information content (AvgIpc) is 2.46. The highest BCUT2D eigenvalue weighted by Gasteiger charge is 2.27. The van der Waals surface area contributed by atoms with Crippen LogP contribution in [0.1, 0.15) is 49.4 Å². The molecule has 5 heteroatoms. The number of aromatic nitrogens is 1. The van der Waals surface area contributed by atoms with Gasteiger partial charge in [0.25, 0.3) is 5.91 Å². The summed E-state index contributed by atoms with van der Waals surface area (Å²) in [5, 5.41) is 3.29. The second-order valence-electron chi connectivity index (χ2n) is 5.25.